The monoisotopic (exact) mass is 789 g/mol. The summed E-state index contributed by atoms with van der Waals surface area (Å²) in [7, 11) is 0. The Morgan fingerprint density at radius 2 is 0.677 bits per heavy atom. The molecule has 0 unspecified atom stereocenters. The zero-order valence-corrected chi connectivity index (χ0v) is 33.9. The number of aromatic nitrogens is 3. The second-order valence-electron chi connectivity index (χ2n) is 16.0. The first-order valence-corrected chi connectivity index (χ1v) is 21.2. The summed E-state index contributed by atoms with van der Waals surface area (Å²) in [5.74, 6) is 0. The highest BCUT2D eigenvalue weighted by Crippen LogP contribution is 2.39. The molecule has 3 heterocycles. The van der Waals surface area contributed by atoms with E-state index in [1.54, 1.807) is 0 Å². The van der Waals surface area contributed by atoms with E-state index in [0.717, 1.165) is 39.5 Å². The zero-order valence-electron chi connectivity index (χ0n) is 33.9. The van der Waals surface area contributed by atoms with E-state index in [-0.39, 0.29) is 0 Å². The Kier molecular flexibility index (Phi) is 8.50. The molecule has 0 spiro atoms. The van der Waals surface area contributed by atoms with Gasteiger partial charge in [0.15, 0.2) is 0 Å². The molecule has 0 N–H and O–H groups in total. The molecule has 0 saturated heterocycles. The first kappa shape index (κ1) is 35.7. The average Bonchev–Trinajstić information content (AvgIpc) is 3.87. The van der Waals surface area contributed by atoms with Crippen molar-refractivity contribution >= 4 is 43.6 Å². The lowest BCUT2D eigenvalue weighted by Gasteiger charge is -2.12. The molecular weight excluding hydrogens is 751 g/mol. The number of rotatable bonds is 7. The standard InChI is InChI=1S/C59H39N3/c1-4-15-40(16-5-1)44-21-14-22-49(35-44)62-56-25-12-10-23-50(56)52-33-29-46(39-59(52)62)45-30-34-58-53(36-45)51-24-11-13-26-57(51)61(58)48-31-27-43(28-32-48)55-38-47(41-17-6-2-7-18-41)37-54(60-55)42-19-8-3-9-20-42/h1-39H. The van der Waals surface area contributed by atoms with Crippen molar-refractivity contribution in [1.29, 1.82) is 0 Å². The first-order chi connectivity index (χ1) is 30.7. The number of nitrogens with zero attached hydrogens (tertiary/aromatic N) is 3. The van der Waals surface area contributed by atoms with E-state index in [9.17, 15) is 0 Å². The third kappa shape index (κ3) is 6.10. The maximum Gasteiger partial charge on any atom is 0.0715 e. The zero-order chi connectivity index (χ0) is 41.0. The molecule has 3 aromatic heterocycles. The number of hydrogen-bond acceptors (Lipinski definition) is 1. The van der Waals surface area contributed by atoms with E-state index in [2.05, 4.69) is 240 Å². The molecule has 3 nitrogen and oxygen atoms in total. The van der Waals surface area contributed by atoms with Crippen LogP contribution in [0.5, 0.6) is 0 Å². The van der Waals surface area contributed by atoms with E-state index < -0.39 is 0 Å². The Labute approximate surface area is 360 Å². The molecule has 9 aromatic carbocycles. The van der Waals surface area contributed by atoms with Gasteiger partial charge < -0.3 is 9.13 Å². The Balaban J connectivity index is 0.955. The molecule has 12 rings (SSSR count). The van der Waals surface area contributed by atoms with Gasteiger partial charge in [0.25, 0.3) is 0 Å². The molecule has 290 valence electrons. The molecule has 0 aliphatic carbocycles. The van der Waals surface area contributed by atoms with Gasteiger partial charge in [0.1, 0.15) is 0 Å². The molecule has 62 heavy (non-hydrogen) atoms. The van der Waals surface area contributed by atoms with Gasteiger partial charge in [0, 0.05) is 44.0 Å². The summed E-state index contributed by atoms with van der Waals surface area (Å²) in [5, 5.41) is 4.95. The van der Waals surface area contributed by atoms with Crippen LogP contribution in [0.25, 0.3) is 111 Å². The number of hydrogen-bond donors (Lipinski definition) is 0. The van der Waals surface area contributed by atoms with Crippen LogP contribution < -0.4 is 0 Å². The summed E-state index contributed by atoms with van der Waals surface area (Å²) in [6.45, 7) is 0. The third-order valence-electron chi connectivity index (χ3n) is 12.3. The fraction of sp³-hybridized carbons (Fsp3) is 0. The largest absolute Gasteiger partial charge is 0.309 e. The summed E-state index contributed by atoms with van der Waals surface area (Å²) >= 11 is 0. The predicted octanol–water partition coefficient (Wildman–Crippen LogP) is 15.6. The van der Waals surface area contributed by atoms with Gasteiger partial charge in [-0.15, -0.1) is 0 Å². The van der Waals surface area contributed by atoms with Crippen LogP contribution >= 0.6 is 0 Å². The maximum absolute atomic E-state index is 5.19. The molecule has 0 atom stereocenters. The molecule has 12 aromatic rings. The van der Waals surface area contributed by atoms with Gasteiger partial charge in [-0.2, -0.15) is 0 Å². The Morgan fingerprint density at radius 3 is 1.35 bits per heavy atom. The Hall–Kier alpha value is -8.27. The van der Waals surface area contributed by atoms with Crippen molar-refractivity contribution in [2.24, 2.45) is 0 Å². The van der Waals surface area contributed by atoms with Gasteiger partial charge in [0.05, 0.1) is 33.5 Å². The normalized spacial score (nSPS) is 11.5. The summed E-state index contributed by atoms with van der Waals surface area (Å²) in [6, 6.07) is 85.2. The molecule has 0 bridgehead atoms. The van der Waals surface area contributed by atoms with Gasteiger partial charge in [-0.3, -0.25) is 0 Å². The van der Waals surface area contributed by atoms with Crippen LogP contribution in [0.2, 0.25) is 0 Å². The van der Waals surface area contributed by atoms with Gasteiger partial charge in [-0.25, -0.2) is 4.98 Å². The Morgan fingerprint density at radius 1 is 0.226 bits per heavy atom. The van der Waals surface area contributed by atoms with Gasteiger partial charge in [0.2, 0.25) is 0 Å². The fourth-order valence-electron chi connectivity index (χ4n) is 9.33. The summed E-state index contributed by atoms with van der Waals surface area (Å²) in [5.41, 5.74) is 18.2. The molecule has 0 radical (unpaired) electrons. The van der Waals surface area contributed by atoms with Crippen LogP contribution in [0.1, 0.15) is 0 Å². The SMILES string of the molecule is c1ccc(-c2cccc(-n3c4ccccc4c4ccc(-c5ccc6c(c5)c5ccccc5n6-c5ccc(-c6cc(-c7ccccc7)cc(-c7ccccc7)n6)cc5)cc43)c2)cc1. The van der Waals surface area contributed by atoms with Crippen LogP contribution in [0.15, 0.2) is 237 Å². The summed E-state index contributed by atoms with van der Waals surface area (Å²) in [4.78, 5) is 5.19. The number of fused-ring (bicyclic) bond motifs is 6. The topological polar surface area (TPSA) is 22.8 Å². The van der Waals surface area contributed by atoms with Crippen LogP contribution in [0.4, 0.5) is 0 Å². The third-order valence-corrected chi connectivity index (χ3v) is 12.3. The van der Waals surface area contributed by atoms with Crippen LogP contribution in [0.3, 0.4) is 0 Å². The van der Waals surface area contributed by atoms with Crippen LogP contribution in [-0.4, -0.2) is 14.1 Å². The highest BCUT2D eigenvalue weighted by Gasteiger charge is 2.17. The molecule has 0 fully saturated rings. The quantitative estimate of drug-likeness (QED) is 0.158. The minimum atomic E-state index is 0.948. The highest BCUT2D eigenvalue weighted by atomic mass is 15.0. The van der Waals surface area contributed by atoms with E-state index in [1.807, 2.05) is 6.07 Å². The molecule has 0 aliphatic rings. The maximum atomic E-state index is 5.19. The molecule has 0 amide bonds. The predicted molar refractivity (Wildman–Crippen MR) is 260 cm³/mol. The van der Waals surface area contributed by atoms with Gasteiger partial charge in [-0.05, 0) is 100 Å². The van der Waals surface area contributed by atoms with Crippen LogP contribution in [-0.2, 0) is 0 Å². The van der Waals surface area contributed by atoms with Crippen molar-refractivity contribution in [3.05, 3.63) is 237 Å². The average molecular weight is 790 g/mol. The van der Waals surface area contributed by atoms with Gasteiger partial charge in [-0.1, -0.05) is 170 Å². The Bertz CT molecular complexity index is 3540. The van der Waals surface area contributed by atoms with Crippen molar-refractivity contribution < 1.29 is 0 Å². The lowest BCUT2D eigenvalue weighted by atomic mass is 10.00. The minimum Gasteiger partial charge on any atom is -0.309 e. The van der Waals surface area contributed by atoms with Gasteiger partial charge >= 0.3 is 0 Å². The summed E-state index contributed by atoms with van der Waals surface area (Å²) < 4.78 is 4.81. The molecule has 3 heteroatoms. The lowest BCUT2D eigenvalue weighted by molar-refractivity contribution is 1.18. The van der Waals surface area contributed by atoms with E-state index in [1.165, 1.54) is 71.4 Å². The van der Waals surface area contributed by atoms with Crippen molar-refractivity contribution in [3.8, 4) is 67.3 Å². The van der Waals surface area contributed by atoms with E-state index in [4.69, 9.17) is 4.98 Å². The number of para-hydroxylation sites is 2. The lowest BCUT2D eigenvalue weighted by Crippen LogP contribution is -1.95. The molecule has 0 saturated carbocycles. The number of pyridine rings is 1. The minimum absolute atomic E-state index is 0.948. The molecular formula is C59H39N3. The van der Waals surface area contributed by atoms with E-state index in [0.29, 0.717) is 0 Å². The summed E-state index contributed by atoms with van der Waals surface area (Å²) in [6.07, 6.45) is 0. The number of benzene rings is 9. The van der Waals surface area contributed by atoms with E-state index >= 15 is 0 Å². The van der Waals surface area contributed by atoms with Crippen molar-refractivity contribution in [2.75, 3.05) is 0 Å². The molecule has 0 aliphatic heterocycles. The second-order valence-corrected chi connectivity index (χ2v) is 16.0. The first-order valence-electron chi connectivity index (χ1n) is 21.2. The van der Waals surface area contributed by atoms with Crippen molar-refractivity contribution in [2.45, 2.75) is 0 Å². The van der Waals surface area contributed by atoms with Crippen molar-refractivity contribution in [3.63, 3.8) is 0 Å². The van der Waals surface area contributed by atoms with Crippen molar-refractivity contribution in [1.82, 2.24) is 14.1 Å². The van der Waals surface area contributed by atoms with Crippen LogP contribution in [0, 0.1) is 0 Å². The highest BCUT2D eigenvalue weighted by molar-refractivity contribution is 6.12. The second kappa shape index (κ2) is 14.8. The smallest absolute Gasteiger partial charge is 0.0715 e. The fourth-order valence-corrected chi connectivity index (χ4v) is 9.33.